The molecule has 1 aromatic carbocycles. The number of aliphatic hydroxyl groups excluding tert-OH is 1. The minimum Gasteiger partial charge on any atom is -0.435 e. The maximum absolute atomic E-state index is 11.9. The van der Waals surface area contributed by atoms with E-state index in [1.165, 1.54) is 12.1 Å². The van der Waals surface area contributed by atoms with Crippen LogP contribution in [0, 0.1) is 0 Å². The summed E-state index contributed by atoms with van der Waals surface area (Å²) in [5.41, 5.74) is 0.983. The van der Waals surface area contributed by atoms with Gasteiger partial charge in [0.2, 0.25) is 0 Å². The number of alkyl halides is 2. The van der Waals surface area contributed by atoms with E-state index >= 15 is 0 Å². The molecule has 0 saturated carbocycles. The lowest BCUT2D eigenvalue weighted by molar-refractivity contribution is -0.0498. The van der Waals surface area contributed by atoms with E-state index in [4.69, 9.17) is 5.11 Å². The lowest BCUT2D eigenvalue weighted by Crippen LogP contribution is -2.26. The summed E-state index contributed by atoms with van der Waals surface area (Å²) in [6.07, 6.45) is 0.687. The highest BCUT2D eigenvalue weighted by atomic mass is 19.3. The average molecular weight is 245 g/mol. The van der Waals surface area contributed by atoms with Gasteiger partial charge in [-0.15, -0.1) is 0 Å². The van der Waals surface area contributed by atoms with Crippen LogP contribution in [0.4, 0.5) is 8.78 Å². The molecule has 1 atom stereocenters. The fraction of sp³-hybridized carbons (Fsp3) is 0.500. The molecular weight excluding hydrogens is 228 g/mol. The predicted octanol–water partition coefficient (Wildman–Crippen LogP) is 2.15. The van der Waals surface area contributed by atoms with E-state index in [0.29, 0.717) is 13.0 Å². The molecule has 96 valence electrons. The van der Waals surface area contributed by atoms with E-state index in [1.807, 2.05) is 6.92 Å². The van der Waals surface area contributed by atoms with Gasteiger partial charge in [0.25, 0.3) is 0 Å². The maximum atomic E-state index is 11.9. The minimum absolute atomic E-state index is 0.148. The number of ether oxygens (including phenoxy) is 1. The van der Waals surface area contributed by atoms with Gasteiger partial charge in [0.1, 0.15) is 5.75 Å². The predicted molar refractivity (Wildman–Crippen MR) is 61.1 cm³/mol. The molecule has 0 aliphatic carbocycles. The van der Waals surface area contributed by atoms with Gasteiger partial charge >= 0.3 is 6.61 Å². The molecule has 0 spiro atoms. The van der Waals surface area contributed by atoms with Gasteiger partial charge in [-0.05, 0) is 31.0 Å². The molecule has 17 heavy (non-hydrogen) atoms. The molecule has 0 fully saturated rings. The van der Waals surface area contributed by atoms with E-state index in [-0.39, 0.29) is 18.4 Å². The summed E-state index contributed by atoms with van der Waals surface area (Å²) >= 11 is 0. The van der Waals surface area contributed by atoms with Gasteiger partial charge in [-0.1, -0.05) is 12.1 Å². The standard InChI is InChI=1S/C12H17F2NO2/c1-9(6-7-16)15-8-10-2-4-11(5-3-10)17-12(13)14/h2-5,9,12,15-16H,6-8H2,1H3. The van der Waals surface area contributed by atoms with Gasteiger partial charge < -0.3 is 15.2 Å². The van der Waals surface area contributed by atoms with Crippen molar-refractivity contribution < 1.29 is 18.6 Å². The number of nitrogens with one attached hydrogen (secondary N) is 1. The van der Waals surface area contributed by atoms with E-state index in [0.717, 1.165) is 5.56 Å². The van der Waals surface area contributed by atoms with Gasteiger partial charge in [0.15, 0.2) is 0 Å². The van der Waals surface area contributed by atoms with E-state index in [9.17, 15) is 8.78 Å². The quantitative estimate of drug-likeness (QED) is 0.773. The van der Waals surface area contributed by atoms with E-state index in [2.05, 4.69) is 10.1 Å². The first-order valence-corrected chi connectivity index (χ1v) is 5.50. The molecule has 1 rings (SSSR count). The summed E-state index contributed by atoms with van der Waals surface area (Å²) in [5.74, 6) is 0.159. The molecule has 1 aromatic rings. The largest absolute Gasteiger partial charge is 0.435 e. The summed E-state index contributed by atoms with van der Waals surface area (Å²) < 4.78 is 28.0. The normalized spacial score (nSPS) is 12.8. The molecule has 3 nitrogen and oxygen atoms in total. The van der Waals surface area contributed by atoms with Crippen LogP contribution >= 0.6 is 0 Å². The zero-order chi connectivity index (χ0) is 12.7. The van der Waals surface area contributed by atoms with Crippen LogP contribution in [0.2, 0.25) is 0 Å². The highest BCUT2D eigenvalue weighted by Crippen LogP contribution is 2.14. The van der Waals surface area contributed by atoms with E-state index < -0.39 is 6.61 Å². The highest BCUT2D eigenvalue weighted by Gasteiger charge is 2.04. The monoisotopic (exact) mass is 245 g/mol. The summed E-state index contributed by atoms with van der Waals surface area (Å²) in [6.45, 7) is -0.0285. The van der Waals surface area contributed by atoms with Crippen molar-refractivity contribution in [3.63, 3.8) is 0 Å². The molecule has 2 N–H and O–H groups in total. The van der Waals surface area contributed by atoms with Crippen molar-refractivity contribution in [1.29, 1.82) is 0 Å². The van der Waals surface area contributed by atoms with Crippen molar-refractivity contribution in [3.8, 4) is 5.75 Å². The molecular formula is C12H17F2NO2. The van der Waals surface area contributed by atoms with Crippen molar-refractivity contribution >= 4 is 0 Å². The fourth-order valence-corrected chi connectivity index (χ4v) is 1.38. The van der Waals surface area contributed by atoms with Gasteiger partial charge in [-0.2, -0.15) is 8.78 Å². The smallest absolute Gasteiger partial charge is 0.387 e. The fourth-order valence-electron chi connectivity index (χ4n) is 1.38. The Morgan fingerprint density at radius 1 is 1.29 bits per heavy atom. The number of halogens is 2. The SMILES string of the molecule is CC(CCO)NCc1ccc(OC(F)F)cc1. The second kappa shape index (κ2) is 7.19. The molecule has 0 aromatic heterocycles. The first-order valence-electron chi connectivity index (χ1n) is 5.50. The molecule has 0 aliphatic rings. The Bertz CT molecular complexity index is 317. The first kappa shape index (κ1) is 13.9. The molecule has 0 heterocycles. The summed E-state index contributed by atoms with van der Waals surface area (Å²) in [6, 6.07) is 6.71. The topological polar surface area (TPSA) is 41.5 Å². The van der Waals surface area contributed by atoms with Crippen LogP contribution in [0.15, 0.2) is 24.3 Å². The molecule has 0 radical (unpaired) electrons. The third-order valence-corrected chi connectivity index (χ3v) is 2.37. The van der Waals surface area contributed by atoms with Crippen LogP contribution in [0.3, 0.4) is 0 Å². The van der Waals surface area contributed by atoms with Gasteiger partial charge in [-0.25, -0.2) is 0 Å². The Labute approximate surface area is 99.4 Å². The highest BCUT2D eigenvalue weighted by molar-refractivity contribution is 5.27. The van der Waals surface area contributed by atoms with Crippen LogP contribution < -0.4 is 10.1 Å². The number of hydrogen-bond acceptors (Lipinski definition) is 3. The Morgan fingerprint density at radius 2 is 1.94 bits per heavy atom. The van der Waals surface area contributed by atoms with Gasteiger partial charge in [0, 0.05) is 19.2 Å². The van der Waals surface area contributed by atoms with Gasteiger partial charge in [0.05, 0.1) is 0 Å². The first-order chi connectivity index (χ1) is 8.11. The number of rotatable bonds is 7. The number of benzene rings is 1. The second-order valence-corrected chi connectivity index (χ2v) is 3.82. The Kier molecular flexibility index (Phi) is 5.86. The second-order valence-electron chi connectivity index (χ2n) is 3.82. The van der Waals surface area contributed by atoms with E-state index in [1.54, 1.807) is 12.1 Å². The summed E-state index contributed by atoms with van der Waals surface area (Å²) in [5, 5.41) is 11.9. The lowest BCUT2D eigenvalue weighted by atomic mass is 10.2. The maximum Gasteiger partial charge on any atom is 0.387 e. The van der Waals surface area contributed by atoms with Crippen molar-refractivity contribution in [1.82, 2.24) is 5.32 Å². The van der Waals surface area contributed by atoms with Crippen molar-refractivity contribution in [2.75, 3.05) is 6.61 Å². The minimum atomic E-state index is -2.79. The summed E-state index contributed by atoms with van der Waals surface area (Å²) in [4.78, 5) is 0. The Hall–Kier alpha value is -1.20. The molecule has 1 unspecified atom stereocenters. The average Bonchev–Trinajstić information content (AvgIpc) is 2.28. The Balaban J connectivity index is 2.40. The zero-order valence-electron chi connectivity index (χ0n) is 9.70. The number of hydrogen-bond donors (Lipinski definition) is 2. The van der Waals surface area contributed by atoms with Crippen LogP contribution in [0.5, 0.6) is 5.75 Å². The Morgan fingerprint density at radius 3 is 2.47 bits per heavy atom. The van der Waals surface area contributed by atoms with Crippen LogP contribution in [-0.4, -0.2) is 24.4 Å². The lowest BCUT2D eigenvalue weighted by Gasteiger charge is -2.12. The van der Waals surface area contributed by atoms with Crippen molar-refractivity contribution in [3.05, 3.63) is 29.8 Å². The van der Waals surface area contributed by atoms with Gasteiger partial charge in [-0.3, -0.25) is 0 Å². The van der Waals surface area contributed by atoms with Crippen LogP contribution in [0.25, 0.3) is 0 Å². The number of aliphatic hydroxyl groups is 1. The molecule has 0 bridgehead atoms. The summed E-state index contributed by atoms with van der Waals surface area (Å²) in [7, 11) is 0. The van der Waals surface area contributed by atoms with Crippen molar-refractivity contribution in [2.45, 2.75) is 32.5 Å². The molecule has 0 saturated heterocycles. The molecule has 0 aliphatic heterocycles. The van der Waals surface area contributed by atoms with Crippen LogP contribution in [0.1, 0.15) is 18.9 Å². The third-order valence-electron chi connectivity index (χ3n) is 2.37. The molecule has 0 amide bonds. The third kappa shape index (κ3) is 5.60. The van der Waals surface area contributed by atoms with Crippen molar-refractivity contribution in [2.24, 2.45) is 0 Å². The zero-order valence-corrected chi connectivity index (χ0v) is 9.70. The molecule has 5 heteroatoms. The van der Waals surface area contributed by atoms with Crippen LogP contribution in [-0.2, 0) is 6.54 Å².